The lowest BCUT2D eigenvalue weighted by atomic mass is 9.69. The highest BCUT2D eigenvalue weighted by Gasteiger charge is 2.29. The van der Waals surface area contributed by atoms with Crippen LogP contribution < -0.4 is 5.32 Å². The molecule has 1 amide bonds. The molecule has 0 spiro atoms. The Labute approximate surface area is 246 Å². The van der Waals surface area contributed by atoms with Gasteiger partial charge < -0.3 is 20.6 Å². The minimum absolute atomic E-state index is 0.107. The van der Waals surface area contributed by atoms with E-state index in [2.05, 4.69) is 39.9 Å². The molecule has 0 aliphatic carbocycles. The highest BCUT2D eigenvalue weighted by Crippen LogP contribution is 2.41. The normalized spacial score (nSPS) is 17.9. The summed E-state index contributed by atoms with van der Waals surface area (Å²) < 4.78 is 0. The van der Waals surface area contributed by atoms with Crippen molar-refractivity contribution in [3.8, 4) is 0 Å². The molecule has 0 atom stereocenters. The molecular weight excluding hydrogens is 530 g/mol. The highest BCUT2D eigenvalue weighted by molar-refractivity contribution is 5.78. The van der Waals surface area contributed by atoms with E-state index in [4.69, 9.17) is 0 Å². The Kier molecular flexibility index (Phi) is 16.4. The maximum absolute atomic E-state index is 12.9. The maximum Gasteiger partial charge on any atom is 0.317 e. The summed E-state index contributed by atoms with van der Waals surface area (Å²) in [7, 11) is 0. The molecule has 0 saturated carbocycles. The topological polar surface area (TPSA) is 154 Å². The lowest BCUT2D eigenvalue weighted by Crippen LogP contribution is -2.49. The summed E-state index contributed by atoms with van der Waals surface area (Å²) in [5, 5.41) is 31.1. The fraction of sp³-hybridized carbons (Fsp3) is 0.862. The van der Waals surface area contributed by atoms with Crippen LogP contribution in [0.15, 0.2) is 0 Å². The Balaban J connectivity index is 2.79. The van der Waals surface area contributed by atoms with Crippen molar-refractivity contribution in [2.45, 2.75) is 66.7 Å². The lowest BCUT2D eigenvalue weighted by molar-refractivity contribution is -0.140. The summed E-state index contributed by atoms with van der Waals surface area (Å²) in [5.74, 6) is -3.04. The Morgan fingerprint density at radius 2 is 0.976 bits per heavy atom. The molecule has 4 N–H and O–H groups in total. The van der Waals surface area contributed by atoms with Crippen LogP contribution in [0.25, 0.3) is 0 Å². The van der Waals surface area contributed by atoms with Crippen molar-refractivity contribution in [3.63, 3.8) is 0 Å². The molecule has 1 rings (SSSR count). The maximum atomic E-state index is 12.9. The average molecular weight is 586 g/mol. The Morgan fingerprint density at radius 1 is 0.634 bits per heavy atom. The van der Waals surface area contributed by atoms with Gasteiger partial charge in [0, 0.05) is 58.9 Å². The number of carboxylic acids is 3. The third-order valence-corrected chi connectivity index (χ3v) is 8.34. The molecule has 12 nitrogen and oxygen atoms in total. The number of hydrogen-bond donors (Lipinski definition) is 4. The summed E-state index contributed by atoms with van der Waals surface area (Å²) in [5.41, 5.74) is 0.509. The number of carbonyl (C=O) groups is 4. The number of carbonyl (C=O) groups excluding carboxylic acids is 1. The minimum atomic E-state index is -0.993. The standard InChI is InChI=1S/C29H55N5O7/c1-6-29(5,7-2)23-28(3,4)9-8-10-30-24(35)19-31-11-13-32(20-25(36)37)15-17-34(22-27(40)41)18-16-33(14-12-31)21-26(38)39/h6-23H2,1-5H3,(H,30,35)(H,36,37)(H,38,39)(H,40,41). The van der Waals surface area contributed by atoms with Crippen LogP contribution in [0.3, 0.4) is 0 Å². The third kappa shape index (κ3) is 16.7. The van der Waals surface area contributed by atoms with Crippen LogP contribution in [0, 0.1) is 10.8 Å². The summed E-state index contributed by atoms with van der Waals surface area (Å²) in [6.45, 7) is 14.6. The molecule has 0 unspecified atom stereocenters. The molecule has 1 aliphatic rings. The van der Waals surface area contributed by atoms with Gasteiger partial charge in [0.25, 0.3) is 0 Å². The van der Waals surface area contributed by atoms with Gasteiger partial charge >= 0.3 is 17.9 Å². The van der Waals surface area contributed by atoms with Crippen LogP contribution in [-0.4, -0.2) is 144 Å². The quantitative estimate of drug-likeness (QED) is 0.195. The predicted octanol–water partition coefficient (Wildman–Crippen LogP) is 1.60. The summed E-state index contributed by atoms with van der Waals surface area (Å²) in [6.07, 6.45) is 5.33. The zero-order chi connectivity index (χ0) is 31.1. The van der Waals surface area contributed by atoms with Crippen molar-refractivity contribution >= 4 is 23.8 Å². The fourth-order valence-electron chi connectivity index (χ4n) is 5.58. The third-order valence-electron chi connectivity index (χ3n) is 8.34. The zero-order valence-corrected chi connectivity index (χ0v) is 26.0. The Hall–Kier alpha value is -2.28. The second-order valence-corrected chi connectivity index (χ2v) is 12.6. The van der Waals surface area contributed by atoms with Crippen LogP contribution in [0.5, 0.6) is 0 Å². The predicted molar refractivity (Wildman–Crippen MR) is 158 cm³/mol. The van der Waals surface area contributed by atoms with Gasteiger partial charge in [-0.15, -0.1) is 0 Å². The fourth-order valence-corrected chi connectivity index (χ4v) is 5.58. The van der Waals surface area contributed by atoms with Gasteiger partial charge in [0.05, 0.1) is 26.2 Å². The average Bonchev–Trinajstić information content (AvgIpc) is 2.87. The van der Waals surface area contributed by atoms with E-state index in [9.17, 15) is 34.5 Å². The van der Waals surface area contributed by atoms with Gasteiger partial charge in [-0.1, -0.05) is 47.5 Å². The van der Waals surface area contributed by atoms with E-state index in [1.165, 1.54) is 0 Å². The summed E-state index contributed by atoms with van der Waals surface area (Å²) in [4.78, 5) is 54.2. The van der Waals surface area contributed by atoms with Gasteiger partial charge in [0.2, 0.25) is 5.91 Å². The molecule has 12 heteroatoms. The van der Waals surface area contributed by atoms with Crippen molar-refractivity contribution in [3.05, 3.63) is 0 Å². The van der Waals surface area contributed by atoms with E-state index in [-0.39, 0.29) is 37.5 Å². The SMILES string of the molecule is CCC(C)(CC)CC(C)(C)CCCNC(=O)CN1CCN(CC(=O)O)CCN(CC(=O)O)CCN(CC(=O)O)CC1. The first-order valence-corrected chi connectivity index (χ1v) is 15.0. The van der Waals surface area contributed by atoms with Crippen molar-refractivity contribution in [2.75, 3.05) is 85.1 Å². The molecule has 0 aromatic rings. The van der Waals surface area contributed by atoms with E-state index in [1.54, 1.807) is 14.7 Å². The number of hydrogen-bond acceptors (Lipinski definition) is 8. The van der Waals surface area contributed by atoms with E-state index in [1.807, 2.05) is 4.90 Å². The number of aliphatic carboxylic acids is 3. The molecule has 0 bridgehead atoms. The molecule has 1 fully saturated rings. The molecule has 1 aliphatic heterocycles. The number of carboxylic acid groups (broad SMARTS) is 3. The van der Waals surface area contributed by atoms with Gasteiger partial charge in [0.15, 0.2) is 0 Å². The van der Waals surface area contributed by atoms with Gasteiger partial charge in [-0.25, -0.2) is 0 Å². The van der Waals surface area contributed by atoms with Crippen LogP contribution in [0.1, 0.15) is 66.7 Å². The van der Waals surface area contributed by atoms with Crippen LogP contribution >= 0.6 is 0 Å². The van der Waals surface area contributed by atoms with Crippen molar-refractivity contribution in [2.24, 2.45) is 10.8 Å². The van der Waals surface area contributed by atoms with Gasteiger partial charge in [0.1, 0.15) is 0 Å². The molecule has 1 heterocycles. The first-order chi connectivity index (χ1) is 19.2. The molecule has 0 aromatic heterocycles. The van der Waals surface area contributed by atoms with Gasteiger partial charge in [-0.05, 0) is 30.1 Å². The van der Waals surface area contributed by atoms with E-state index in [0.717, 1.165) is 32.1 Å². The van der Waals surface area contributed by atoms with Gasteiger partial charge in [-0.2, -0.15) is 0 Å². The van der Waals surface area contributed by atoms with Crippen LogP contribution in [0.4, 0.5) is 0 Å². The Morgan fingerprint density at radius 3 is 1.29 bits per heavy atom. The Bertz CT molecular complexity index is 802. The zero-order valence-electron chi connectivity index (χ0n) is 26.0. The number of nitrogens with one attached hydrogen (secondary N) is 1. The second-order valence-electron chi connectivity index (χ2n) is 12.6. The van der Waals surface area contributed by atoms with Gasteiger partial charge in [-0.3, -0.25) is 38.8 Å². The molecule has 41 heavy (non-hydrogen) atoms. The number of nitrogens with zero attached hydrogens (tertiary/aromatic N) is 4. The van der Waals surface area contributed by atoms with Crippen molar-refractivity contribution in [1.82, 2.24) is 24.9 Å². The first-order valence-electron chi connectivity index (χ1n) is 15.0. The molecule has 0 aromatic carbocycles. The van der Waals surface area contributed by atoms with Crippen LogP contribution in [-0.2, 0) is 19.2 Å². The second kappa shape index (κ2) is 18.3. The van der Waals surface area contributed by atoms with E-state index >= 15 is 0 Å². The smallest absolute Gasteiger partial charge is 0.317 e. The van der Waals surface area contributed by atoms with E-state index in [0.29, 0.717) is 64.3 Å². The monoisotopic (exact) mass is 585 g/mol. The number of rotatable bonds is 16. The highest BCUT2D eigenvalue weighted by atomic mass is 16.4. The minimum Gasteiger partial charge on any atom is -0.480 e. The molecular formula is C29H55N5O7. The van der Waals surface area contributed by atoms with Crippen molar-refractivity contribution in [1.29, 1.82) is 0 Å². The van der Waals surface area contributed by atoms with Crippen molar-refractivity contribution < 1.29 is 34.5 Å². The first kappa shape index (κ1) is 36.7. The lowest BCUT2D eigenvalue weighted by Gasteiger charge is -2.36. The summed E-state index contributed by atoms with van der Waals surface area (Å²) in [6, 6.07) is 0. The molecule has 238 valence electrons. The molecule has 0 radical (unpaired) electrons. The molecule has 1 saturated heterocycles. The van der Waals surface area contributed by atoms with Crippen LogP contribution in [0.2, 0.25) is 0 Å². The number of amides is 1. The largest absolute Gasteiger partial charge is 0.480 e. The summed E-state index contributed by atoms with van der Waals surface area (Å²) >= 11 is 0. The van der Waals surface area contributed by atoms with E-state index < -0.39 is 17.9 Å².